The molecular weight excluding hydrogens is 266 g/mol. The van der Waals surface area contributed by atoms with Gasteiger partial charge in [-0.3, -0.25) is 9.59 Å². The first-order chi connectivity index (χ1) is 10.1. The zero-order valence-electron chi connectivity index (χ0n) is 13.0. The number of aliphatic carboxylic acids is 1. The zero-order chi connectivity index (χ0) is 15.0. The minimum Gasteiger partial charge on any atom is -0.481 e. The summed E-state index contributed by atoms with van der Waals surface area (Å²) in [7, 11) is 0. The predicted molar refractivity (Wildman–Crippen MR) is 79.7 cm³/mol. The Bertz CT molecular complexity index is 422. The van der Waals surface area contributed by atoms with Gasteiger partial charge >= 0.3 is 5.97 Å². The average molecular weight is 293 g/mol. The second kappa shape index (κ2) is 5.98. The standard InChI is InChI=1S/C17H27NO3/c1-11-9-18(10-15(11)17(20)21)16(19)14-7-6-12-4-2-3-5-13(12)8-14/h11-15H,2-10H2,1H3,(H,20,21)/t11-,12?,13?,14?,15-/m1/s1. The Labute approximate surface area is 126 Å². The van der Waals surface area contributed by atoms with Crippen LogP contribution in [0.15, 0.2) is 0 Å². The molecule has 1 amide bonds. The first-order valence-corrected chi connectivity index (χ1v) is 8.58. The predicted octanol–water partition coefficient (Wildman–Crippen LogP) is 2.77. The van der Waals surface area contributed by atoms with Crippen molar-refractivity contribution in [1.82, 2.24) is 4.90 Å². The van der Waals surface area contributed by atoms with Crippen LogP contribution in [0.4, 0.5) is 0 Å². The maximum atomic E-state index is 12.7. The lowest BCUT2D eigenvalue weighted by Crippen LogP contribution is -2.39. The lowest BCUT2D eigenvalue weighted by molar-refractivity contribution is -0.142. The Morgan fingerprint density at radius 2 is 1.71 bits per heavy atom. The lowest BCUT2D eigenvalue weighted by atomic mass is 9.67. The summed E-state index contributed by atoms with van der Waals surface area (Å²) in [6, 6.07) is 0. The summed E-state index contributed by atoms with van der Waals surface area (Å²) >= 11 is 0. The molecule has 3 rings (SSSR count). The van der Waals surface area contributed by atoms with Crippen LogP contribution >= 0.6 is 0 Å². The number of nitrogens with zero attached hydrogens (tertiary/aromatic N) is 1. The van der Waals surface area contributed by atoms with Gasteiger partial charge in [0.15, 0.2) is 0 Å². The van der Waals surface area contributed by atoms with E-state index in [4.69, 9.17) is 0 Å². The summed E-state index contributed by atoms with van der Waals surface area (Å²) in [6.07, 6.45) is 8.60. The van der Waals surface area contributed by atoms with E-state index in [1.165, 1.54) is 32.1 Å². The van der Waals surface area contributed by atoms with E-state index < -0.39 is 5.97 Å². The summed E-state index contributed by atoms with van der Waals surface area (Å²) < 4.78 is 0. The molecule has 3 fully saturated rings. The highest BCUT2D eigenvalue weighted by Crippen LogP contribution is 2.43. The van der Waals surface area contributed by atoms with Crippen LogP contribution in [0.1, 0.15) is 51.9 Å². The molecule has 118 valence electrons. The molecule has 1 saturated heterocycles. The molecule has 21 heavy (non-hydrogen) atoms. The topological polar surface area (TPSA) is 57.6 Å². The molecule has 5 atom stereocenters. The van der Waals surface area contributed by atoms with Gasteiger partial charge in [-0.15, -0.1) is 0 Å². The van der Waals surface area contributed by atoms with E-state index in [9.17, 15) is 14.7 Å². The molecule has 0 aromatic heterocycles. The van der Waals surface area contributed by atoms with Crippen molar-refractivity contribution in [3.8, 4) is 0 Å². The van der Waals surface area contributed by atoms with Crippen molar-refractivity contribution < 1.29 is 14.7 Å². The summed E-state index contributed by atoms with van der Waals surface area (Å²) in [5, 5.41) is 9.21. The normalized spacial score (nSPS) is 39.9. The van der Waals surface area contributed by atoms with Gasteiger partial charge in [0, 0.05) is 19.0 Å². The van der Waals surface area contributed by atoms with Crippen molar-refractivity contribution >= 4 is 11.9 Å². The SMILES string of the molecule is C[C@@H]1CN(C(=O)C2CCC3CCCCC3C2)C[C@H]1C(=O)O. The van der Waals surface area contributed by atoms with Crippen molar-refractivity contribution in [2.75, 3.05) is 13.1 Å². The van der Waals surface area contributed by atoms with E-state index >= 15 is 0 Å². The minimum absolute atomic E-state index is 0.0810. The first-order valence-electron chi connectivity index (χ1n) is 8.58. The maximum Gasteiger partial charge on any atom is 0.308 e. The largest absolute Gasteiger partial charge is 0.481 e. The molecule has 0 radical (unpaired) electrons. The number of hydrogen-bond acceptors (Lipinski definition) is 2. The lowest BCUT2D eigenvalue weighted by Gasteiger charge is -2.39. The Morgan fingerprint density at radius 3 is 2.38 bits per heavy atom. The molecule has 1 aliphatic heterocycles. The third kappa shape index (κ3) is 2.95. The molecule has 1 N–H and O–H groups in total. The monoisotopic (exact) mass is 293 g/mol. The molecule has 4 nitrogen and oxygen atoms in total. The van der Waals surface area contributed by atoms with Crippen molar-refractivity contribution in [1.29, 1.82) is 0 Å². The smallest absolute Gasteiger partial charge is 0.308 e. The number of carboxylic acids is 1. The second-order valence-electron chi connectivity index (χ2n) is 7.48. The van der Waals surface area contributed by atoms with E-state index in [1.54, 1.807) is 0 Å². The zero-order valence-corrected chi connectivity index (χ0v) is 13.0. The van der Waals surface area contributed by atoms with Gasteiger partial charge in [-0.1, -0.05) is 32.6 Å². The molecule has 3 unspecified atom stereocenters. The molecule has 0 aromatic rings. The van der Waals surface area contributed by atoms with Crippen molar-refractivity contribution in [2.24, 2.45) is 29.6 Å². The van der Waals surface area contributed by atoms with Crippen LogP contribution in [0.3, 0.4) is 0 Å². The fourth-order valence-corrected chi connectivity index (χ4v) is 4.82. The summed E-state index contributed by atoms with van der Waals surface area (Å²) in [5.74, 6) is 0.939. The Balaban J connectivity index is 1.60. The summed E-state index contributed by atoms with van der Waals surface area (Å²) in [4.78, 5) is 25.8. The van der Waals surface area contributed by atoms with Crippen molar-refractivity contribution in [2.45, 2.75) is 51.9 Å². The van der Waals surface area contributed by atoms with Gasteiger partial charge in [0.05, 0.1) is 5.92 Å². The molecular formula is C17H27NO3. The Hall–Kier alpha value is -1.06. The summed E-state index contributed by atoms with van der Waals surface area (Å²) in [5.41, 5.74) is 0. The number of carbonyl (C=O) groups excluding carboxylic acids is 1. The van der Waals surface area contributed by atoms with E-state index in [-0.39, 0.29) is 23.7 Å². The molecule has 0 aromatic carbocycles. The van der Waals surface area contributed by atoms with Crippen molar-refractivity contribution in [3.63, 3.8) is 0 Å². The molecule has 2 saturated carbocycles. The molecule has 0 spiro atoms. The highest BCUT2D eigenvalue weighted by Gasteiger charge is 2.41. The second-order valence-corrected chi connectivity index (χ2v) is 7.48. The molecule has 0 bridgehead atoms. The van der Waals surface area contributed by atoms with E-state index in [0.29, 0.717) is 13.1 Å². The van der Waals surface area contributed by atoms with Crippen LogP contribution in [-0.2, 0) is 9.59 Å². The highest BCUT2D eigenvalue weighted by molar-refractivity contribution is 5.81. The quantitative estimate of drug-likeness (QED) is 0.851. The van der Waals surface area contributed by atoms with Gasteiger partial charge in [-0.05, 0) is 37.0 Å². The van der Waals surface area contributed by atoms with Crippen LogP contribution in [0.25, 0.3) is 0 Å². The number of fused-ring (bicyclic) bond motifs is 1. The van der Waals surface area contributed by atoms with Gasteiger partial charge in [0.2, 0.25) is 5.91 Å². The van der Waals surface area contributed by atoms with E-state index in [1.807, 2.05) is 11.8 Å². The van der Waals surface area contributed by atoms with Gasteiger partial charge in [-0.2, -0.15) is 0 Å². The van der Waals surface area contributed by atoms with Crippen molar-refractivity contribution in [3.05, 3.63) is 0 Å². The van der Waals surface area contributed by atoms with Crippen LogP contribution in [0.5, 0.6) is 0 Å². The minimum atomic E-state index is -0.756. The van der Waals surface area contributed by atoms with Crippen LogP contribution in [0, 0.1) is 29.6 Å². The third-order valence-corrected chi connectivity index (χ3v) is 6.13. The number of carboxylic acid groups (broad SMARTS) is 1. The van der Waals surface area contributed by atoms with Crippen LogP contribution in [0.2, 0.25) is 0 Å². The molecule has 3 aliphatic rings. The number of carbonyl (C=O) groups is 2. The molecule has 4 heteroatoms. The fraction of sp³-hybridized carbons (Fsp3) is 0.882. The molecule has 2 aliphatic carbocycles. The van der Waals surface area contributed by atoms with Gasteiger partial charge < -0.3 is 10.0 Å². The Morgan fingerprint density at radius 1 is 1.00 bits per heavy atom. The highest BCUT2D eigenvalue weighted by atomic mass is 16.4. The van der Waals surface area contributed by atoms with Crippen LogP contribution < -0.4 is 0 Å². The Kier molecular flexibility index (Phi) is 4.23. The maximum absolute atomic E-state index is 12.7. The average Bonchev–Trinajstić information content (AvgIpc) is 2.88. The number of likely N-dealkylation sites (tertiary alicyclic amines) is 1. The first kappa shape index (κ1) is 14.9. The van der Waals surface area contributed by atoms with Gasteiger partial charge in [-0.25, -0.2) is 0 Å². The number of rotatable bonds is 2. The number of amides is 1. The third-order valence-electron chi connectivity index (χ3n) is 6.13. The fourth-order valence-electron chi connectivity index (χ4n) is 4.82. The van der Waals surface area contributed by atoms with Gasteiger partial charge in [0.25, 0.3) is 0 Å². The summed E-state index contributed by atoms with van der Waals surface area (Å²) in [6.45, 7) is 2.99. The van der Waals surface area contributed by atoms with E-state index in [0.717, 1.165) is 24.7 Å². The van der Waals surface area contributed by atoms with Gasteiger partial charge in [0.1, 0.15) is 0 Å². The molecule has 1 heterocycles. The number of hydrogen-bond donors (Lipinski definition) is 1. The van der Waals surface area contributed by atoms with Crippen LogP contribution in [-0.4, -0.2) is 35.0 Å². The van der Waals surface area contributed by atoms with E-state index in [2.05, 4.69) is 0 Å².